The molecule has 5 heteroatoms. The number of pyridine rings is 1. The minimum atomic E-state index is -0.0106. The third-order valence-corrected chi connectivity index (χ3v) is 4.20. The van der Waals surface area contributed by atoms with Crippen molar-refractivity contribution >= 4 is 23.5 Å². The molecule has 4 nitrogen and oxygen atoms in total. The van der Waals surface area contributed by atoms with Gasteiger partial charge in [-0.25, -0.2) is 4.98 Å². The molecular formula is C14H21N3OS. The summed E-state index contributed by atoms with van der Waals surface area (Å²) in [6.45, 7) is 2.92. The van der Waals surface area contributed by atoms with Crippen molar-refractivity contribution in [3.8, 4) is 0 Å². The molecule has 1 aliphatic heterocycles. The van der Waals surface area contributed by atoms with Crippen LogP contribution in [-0.2, 0) is 0 Å². The molecule has 2 rings (SSSR count). The van der Waals surface area contributed by atoms with Crippen molar-refractivity contribution in [3.05, 3.63) is 23.9 Å². The summed E-state index contributed by atoms with van der Waals surface area (Å²) in [5.41, 5.74) is 0.647. The van der Waals surface area contributed by atoms with Gasteiger partial charge < -0.3 is 10.6 Å². The Labute approximate surface area is 118 Å². The van der Waals surface area contributed by atoms with E-state index in [1.165, 1.54) is 0 Å². The van der Waals surface area contributed by atoms with E-state index in [-0.39, 0.29) is 5.91 Å². The zero-order chi connectivity index (χ0) is 13.5. The van der Waals surface area contributed by atoms with Gasteiger partial charge in [0.15, 0.2) is 0 Å². The van der Waals surface area contributed by atoms with E-state index in [4.69, 9.17) is 0 Å². The Kier molecular flexibility index (Phi) is 5.51. The van der Waals surface area contributed by atoms with Gasteiger partial charge in [-0.05, 0) is 42.9 Å². The molecule has 0 bridgehead atoms. The molecule has 1 saturated heterocycles. The molecular weight excluding hydrogens is 258 g/mol. The van der Waals surface area contributed by atoms with Crippen LogP contribution in [0.2, 0.25) is 0 Å². The monoisotopic (exact) mass is 279 g/mol. The van der Waals surface area contributed by atoms with Crippen molar-refractivity contribution in [1.82, 2.24) is 10.3 Å². The summed E-state index contributed by atoms with van der Waals surface area (Å²) < 4.78 is 0. The number of hydrogen-bond donors (Lipinski definition) is 2. The van der Waals surface area contributed by atoms with E-state index in [2.05, 4.69) is 22.5 Å². The maximum Gasteiger partial charge on any atom is 0.255 e. The van der Waals surface area contributed by atoms with Crippen molar-refractivity contribution in [2.24, 2.45) is 0 Å². The van der Waals surface area contributed by atoms with Crippen LogP contribution >= 0.6 is 11.8 Å². The first-order valence-corrected chi connectivity index (χ1v) is 8.04. The van der Waals surface area contributed by atoms with Crippen LogP contribution in [0.5, 0.6) is 0 Å². The number of carbonyl (C=O) groups is 1. The normalized spacial score (nSPS) is 16.1. The van der Waals surface area contributed by atoms with Gasteiger partial charge in [-0.1, -0.05) is 6.92 Å². The van der Waals surface area contributed by atoms with Gasteiger partial charge in [0.1, 0.15) is 5.82 Å². The Morgan fingerprint density at radius 1 is 1.47 bits per heavy atom. The van der Waals surface area contributed by atoms with Crippen LogP contribution in [0.4, 0.5) is 5.82 Å². The van der Waals surface area contributed by atoms with Gasteiger partial charge in [0.25, 0.3) is 5.91 Å². The average Bonchev–Trinajstić information content (AvgIpc) is 2.46. The van der Waals surface area contributed by atoms with Crippen LogP contribution in [0, 0.1) is 0 Å². The van der Waals surface area contributed by atoms with Gasteiger partial charge in [-0.3, -0.25) is 4.79 Å². The Morgan fingerprint density at radius 3 is 3.00 bits per heavy atom. The lowest BCUT2D eigenvalue weighted by Gasteiger charge is -2.23. The zero-order valence-corrected chi connectivity index (χ0v) is 12.1. The molecule has 1 aromatic heterocycles. The quantitative estimate of drug-likeness (QED) is 0.869. The molecule has 0 atom stereocenters. The summed E-state index contributed by atoms with van der Waals surface area (Å²) in [4.78, 5) is 16.6. The first-order chi connectivity index (χ1) is 9.31. The lowest BCUT2D eigenvalue weighted by Crippen LogP contribution is -2.37. The van der Waals surface area contributed by atoms with Crippen molar-refractivity contribution < 1.29 is 4.79 Å². The van der Waals surface area contributed by atoms with Crippen molar-refractivity contribution in [2.75, 3.05) is 23.4 Å². The number of rotatable bonds is 5. The number of thioether (sulfide) groups is 1. The van der Waals surface area contributed by atoms with Gasteiger partial charge in [0.05, 0.1) is 5.56 Å². The fourth-order valence-corrected chi connectivity index (χ4v) is 3.18. The average molecular weight is 279 g/mol. The molecule has 1 amide bonds. The highest BCUT2D eigenvalue weighted by Crippen LogP contribution is 2.18. The number of amides is 1. The number of hydrogen-bond acceptors (Lipinski definition) is 4. The summed E-state index contributed by atoms with van der Waals surface area (Å²) in [5, 5.41) is 6.32. The molecule has 1 aliphatic rings. The van der Waals surface area contributed by atoms with E-state index in [1.807, 2.05) is 23.9 Å². The number of nitrogens with zero attached hydrogens (tertiary/aromatic N) is 1. The number of anilines is 1. The van der Waals surface area contributed by atoms with E-state index in [1.54, 1.807) is 6.20 Å². The van der Waals surface area contributed by atoms with Crippen LogP contribution < -0.4 is 10.6 Å². The fraction of sp³-hybridized carbons (Fsp3) is 0.571. The van der Waals surface area contributed by atoms with Gasteiger partial charge in [0, 0.05) is 18.8 Å². The summed E-state index contributed by atoms with van der Waals surface area (Å²) in [5.74, 6) is 2.95. The van der Waals surface area contributed by atoms with Gasteiger partial charge in [-0.15, -0.1) is 0 Å². The largest absolute Gasteiger partial charge is 0.369 e. The number of aromatic nitrogens is 1. The predicted octanol–water partition coefficient (Wildman–Crippen LogP) is 2.53. The lowest BCUT2D eigenvalue weighted by atomic mass is 10.1. The first kappa shape index (κ1) is 14.2. The fourth-order valence-electron chi connectivity index (χ4n) is 2.08. The van der Waals surface area contributed by atoms with Crippen LogP contribution in [0.3, 0.4) is 0 Å². The third kappa shape index (κ3) is 4.13. The molecule has 1 aromatic rings. The number of carbonyl (C=O) groups excluding carboxylic acids is 1. The van der Waals surface area contributed by atoms with E-state index in [9.17, 15) is 4.79 Å². The maximum absolute atomic E-state index is 12.3. The molecule has 104 valence electrons. The maximum atomic E-state index is 12.3. The lowest BCUT2D eigenvalue weighted by molar-refractivity contribution is 0.0935. The Hall–Kier alpha value is -1.23. The molecule has 0 unspecified atom stereocenters. The second kappa shape index (κ2) is 7.38. The SMILES string of the molecule is CCCNc1ncccc1C(=O)NC1CCSCC1. The molecule has 2 heterocycles. The summed E-state index contributed by atoms with van der Waals surface area (Å²) in [6.07, 6.45) is 4.85. The second-order valence-corrected chi connectivity index (χ2v) is 5.91. The van der Waals surface area contributed by atoms with Crippen LogP contribution in [0.25, 0.3) is 0 Å². The molecule has 0 spiro atoms. The van der Waals surface area contributed by atoms with Crippen molar-refractivity contribution in [2.45, 2.75) is 32.2 Å². The smallest absolute Gasteiger partial charge is 0.255 e. The molecule has 2 N–H and O–H groups in total. The van der Waals surface area contributed by atoms with Gasteiger partial charge in [-0.2, -0.15) is 11.8 Å². The van der Waals surface area contributed by atoms with Crippen LogP contribution in [0.1, 0.15) is 36.5 Å². The van der Waals surface area contributed by atoms with E-state index in [0.29, 0.717) is 17.4 Å². The highest BCUT2D eigenvalue weighted by Gasteiger charge is 2.18. The van der Waals surface area contributed by atoms with Gasteiger partial charge in [0.2, 0.25) is 0 Å². The molecule has 0 radical (unpaired) electrons. The Bertz CT molecular complexity index is 419. The first-order valence-electron chi connectivity index (χ1n) is 6.88. The second-order valence-electron chi connectivity index (χ2n) is 4.69. The van der Waals surface area contributed by atoms with E-state index in [0.717, 1.165) is 37.3 Å². The van der Waals surface area contributed by atoms with E-state index >= 15 is 0 Å². The summed E-state index contributed by atoms with van der Waals surface area (Å²) in [7, 11) is 0. The molecule has 0 aromatic carbocycles. The minimum absolute atomic E-state index is 0.0106. The van der Waals surface area contributed by atoms with Crippen LogP contribution in [0.15, 0.2) is 18.3 Å². The highest BCUT2D eigenvalue weighted by atomic mass is 32.2. The standard InChI is InChI=1S/C14H21N3OS/c1-2-7-15-13-12(4-3-8-16-13)14(18)17-11-5-9-19-10-6-11/h3-4,8,11H,2,5-7,9-10H2,1H3,(H,15,16)(H,17,18). The van der Waals surface area contributed by atoms with Gasteiger partial charge >= 0.3 is 0 Å². The summed E-state index contributed by atoms with van der Waals surface area (Å²) in [6, 6.07) is 3.95. The molecule has 1 fully saturated rings. The van der Waals surface area contributed by atoms with Crippen LogP contribution in [-0.4, -0.2) is 35.0 Å². The van der Waals surface area contributed by atoms with Crippen molar-refractivity contribution in [3.63, 3.8) is 0 Å². The van der Waals surface area contributed by atoms with Crippen molar-refractivity contribution in [1.29, 1.82) is 0 Å². The van der Waals surface area contributed by atoms with E-state index < -0.39 is 0 Å². The summed E-state index contributed by atoms with van der Waals surface area (Å²) >= 11 is 1.96. The topological polar surface area (TPSA) is 54.0 Å². The highest BCUT2D eigenvalue weighted by molar-refractivity contribution is 7.99. The Morgan fingerprint density at radius 2 is 2.26 bits per heavy atom. The zero-order valence-electron chi connectivity index (χ0n) is 11.3. The third-order valence-electron chi connectivity index (χ3n) is 3.15. The predicted molar refractivity (Wildman–Crippen MR) is 80.8 cm³/mol. The molecule has 19 heavy (non-hydrogen) atoms. The Balaban J connectivity index is 2.00. The molecule has 0 aliphatic carbocycles. The minimum Gasteiger partial charge on any atom is -0.369 e. The number of nitrogens with one attached hydrogen (secondary N) is 2. The molecule has 0 saturated carbocycles.